The van der Waals surface area contributed by atoms with Crippen molar-refractivity contribution in [2.45, 2.75) is 54.4 Å². The molecule has 0 saturated heterocycles. The fourth-order valence-electron chi connectivity index (χ4n) is 1.49. The molecule has 0 aliphatic carbocycles. The van der Waals surface area contributed by atoms with Crippen LogP contribution >= 0.6 is 0 Å². The van der Waals surface area contributed by atoms with Crippen LogP contribution in [-0.2, 0) is 6.42 Å². The first-order chi connectivity index (χ1) is 9.73. The van der Waals surface area contributed by atoms with Gasteiger partial charge in [0, 0.05) is 0 Å². The van der Waals surface area contributed by atoms with Crippen molar-refractivity contribution in [2.24, 2.45) is 0 Å². The molecule has 0 bridgehead atoms. The Morgan fingerprint density at radius 3 is 1.90 bits per heavy atom. The van der Waals surface area contributed by atoms with Crippen molar-refractivity contribution in [3.8, 4) is 0 Å². The van der Waals surface area contributed by atoms with Crippen molar-refractivity contribution in [1.82, 2.24) is 0 Å². The van der Waals surface area contributed by atoms with Gasteiger partial charge in [-0.05, 0) is 30.0 Å². The second-order valence-corrected chi connectivity index (χ2v) is 4.12. The Bertz CT molecular complexity index is 377. The lowest BCUT2D eigenvalue weighted by Gasteiger charge is -2.03. The summed E-state index contributed by atoms with van der Waals surface area (Å²) >= 11 is 0. The van der Waals surface area contributed by atoms with E-state index in [0.717, 1.165) is 6.42 Å². The minimum absolute atomic E-state index is 1.09. The summed E-state index contributed by atoms with van der Waals surface area (Å²) in [4.78, 5) is 0. The molecule has 0 fully saturated rings. The normalized spacial score (nSPS) is 10.2. The van der Waals surface area contributed by atoms with Crippen molar-refractivity contribution >= 4 is 5.57 Å². The second kappa shape index (κ2) is 15.5. The topological polar surface area (TPSA) is 0 Å². The zero-order valence-corrected chi connectivity index (χ0v) is 14.2. The van der Waals surface area contributed by atoms with E-state index < -0.39 is 0 Å². The van der Waals surface area contributed by atoms with Crippen LogP contribution in [0.15, 0.2) is 55.1 Å². The molecule has 1 aromatic rings. The average Bonchev–Trinajstić information content (AvgIpc) is 2.50. The largest absolute Gasteiger partial charge is 0.0990 e. The molecule has 0 spiro atoms. The maximum Gasteiger partial charge on any atom is -0.0184 e. The van der Waals surface area contributed by atoms with E-state index in [0.29, 0.717) is 0 Å². The highest BCUT2D eigenvalue weighted by Crippen LogP contribution is 2.17. The molecular weight excluding hydrogens is 240 g/mol. The summed E-state index contributed by atoms with van der Waals surface area (Å²) in [6.07, 6.45) is 10.3. The van der Waals surface area contributed by atoms with Gasteiger partial charge in [0.2, 0.25) is 0 Å². The first-order valence-electron chi connectivity index (χ1n) is 7.78. The lowest BCUT2D eigenvalue weighted by atomic mass is 10.0. The highest BCUT2D eigenvalue weighted by Gasteiger charge is 1.96. The number of allylic oxidation sites excluding steroid dienone is 5. The molecule has 112 valence electrons. The van der Waals surface area contributed by atoms with Gasteiger partial charge >= 0.3 is 0 Å². The average molecular weight is 272 g/mol. The minimum atomic E-state index is 1.09. The van der Waals surface area contributed by atoms with Crippen LogP contribution in [0.2, 0.25) is 0 Å². The van der Waals surface area contributed by atoms with Gasteiger partial charge in [0.15, 0.2) is 0 Å². The number of benzene rings is 1. The molecule has 0 radical (unpaired) electrons. The lowest BCUT2D eigenvalue weighted by molar-refractivity contribution is 1.09. The van der Waals surface area contributed by atoms with Crippen LogP contribution in [0.4, 0.5) is 0 Å². The molecule has 0 heterocycles. The second-order valence-electron chi connectivity index (χ2n) is 4.12. The van der Waals surface area contributed by atoms with Gasteiger partial charge in [-0.25, -0.2) is 0 Å². The zero-order valence-electron chi connectivity index (χ0n) is 14.2. The van der Waals surface area contributed by atoms with Crippen LogP contribution < -0.4 is 0 Å². The molecular formula is C20H32. The summed E-state index contributed by atoms with van der Waals surface area (Å²) in [6.45, 7) is 16.2. The van der Waals surface area contributed by atoms with Crippen molar-refractivity contribution in [2.75, 3.05) is 0 Å². The first-order valence-corrected chi connectivity index (χ1v) is 7.78. The quantitative estimate of drug-likeness (QED) is 0.526. The minimum Gasteiger partial charge on any atom is -0.0990 e. The van der Waals surface area contributed by atoms with Gasteiger partial charge in [-0.2, -0.15) is 0 Å². The Morgan fingerprint density at radius 1 is 1.05 bits per heavy atom. The van der Waals surface area contributed by atoms with Crippen molar-refractivity contribution in [3.05, 3.63) is 66.3 Å². The van der Waals surface area contributed by atoms with Gasteiger partial charge < -0.3 is 0 Å². The van der Waals surface area contributed by atoms with E-state index in [1.165, 1.54) is 23.1 Å². The smallest absolute Gasteiger partial charge is 0.0184 e. The van der Waals surface area contributed by atoms with Crippen LogP contribution in [0.1, 0.15) is 59.1 Å². The fourth-order valence-corrected chi connectivity index (χ4v) is 1.49. The number of hydrogen-bond donors (Lipinski definition) is 0. The highest BCUT2D eigenvalue weighted by molar-refractivity contribution is 5.75. The van der Waals surface area contributed by atoms with Gasteiger partial charge in [-0.3, -0.25) is 0 Å². The van der Waals surface area contributed by atoms with E-state index in [9.17, 15) is 0 Å². The number of aryl methyl sites for hydroxylation is 1. The molecule has 0 aliphatic heterocycles. The van der Waals surface area contributed by atoms with Crippen LogP contribution in [0.25, 0.3) is 5.57 Å². The fraction of sp³-hybridized carbons (Fsp3) is 0.400. The van der Waals surface area contributed by atoms with Crippen LogP contribution in [-0.4, -0.2) is 0 Å². The molecule has 0 saturated carbocycles. The predicted molar refractivity (Wildman–Crippen MR) is 96.1 cm³/mol. The molecule has 0 atom stereocenters. The van der Waals surface area contributed by atoms with Gasteiger partial charge in [-0.1, -0.05) is 96.2 Å². The van der Waals surface area contributed by atoms with Crippen molar-refractivity contribution in [3.63, 3.8) is 0 Å². The Hall–Kier alpha value is -1.56. The van der Waals surface area contributed by atoms with Gasteiger partial charge in [0.1, 0.15) is 0 Å². The van der Waals surface area contributed by atoms with Crippen LogP contribution in [0.3, 0.4) is 0 Å². The van der Waals surface area contributed by atoms with E-state index in [1.807, 2.05) is 39.0 Å². The maximum absolute atomic E-state index is 3.73. The molecule has 0 unspecified atom stereocenters. The van der Waals surface area contributed by atoms with Crippen molar-refractivity contribution in [1.29, 1.82) is 0 Å². The predicted octanol–water partition coefficient (Wildman–Crippen LogP) is 6.84. The Labute approximate surface area is 126 Å². The zero-order chi connectivity index (χ0) is 15.8. The van der Waals surface area contributed by atoms with Crippen LogP contribution in [0, 0.1) is 0 Å². The van der Waals surface area contributed by atoms with E-state index in [4.69, 9.17) is 0 Å². The lowest BCUT2D eigenvalue weighted by Crippen LogP contribution is -1.83. The summed E-state index contributed by atoms with van der Waals surface area (Å²) in [5, 5.41) is 0. The van der Waals surface area contributed by atoms with E-state index in [2.05, 4.69) is 57.7 Å². The third kappa shape index (κ3) is 9.38. The molecule has 1 rings (SSSR count). The molecule has 0 N–H and O–H groups in total. The molecule has 0 aliphatic rings. The third-order valence-electron chi connectivity index (χ3n) is 2.34. The Morgan fingerprint density at radius 2 is 1.55 bits per heavy atom. The summed E-state index contributed by atoms with van der Waals surface area (Å²) in [5.41, 5.74) is 3.82. The number of hydrogen-bond acceptors (Lipinski definition) is 0. The molecule has 20 heavy (non-hydrogen) atoms. The van der Waals surface area contributed by atoms with Crippen molar-refractivity contribution < 1.29 is 0 Å². The third-order valence-corrected chi connectivity index (χ3v) is 2.34. The Balaban J connectivity index is 0. The SMILES string of the molecule is C=C/C=C(\C=C/C)c1ccc(CC)cc1.CC.CCC. The summed E-state index contributed by atoms with van der Waals surface area (Å²) in [6, 6.07) is 8.67. The monoisotopic (exact) mass is 272 g/mol. The van der Waals surface area contributed by atoms with E-state index in [1.54, 1.807) is 0 Å². The Kier molecular flexibility index (Phi) is 16.1. The summed E-state index contributed by atoms with van der Waals surface area (Å²) < 4.78 is 0. The summed E-state index contributed by atoms with van der Waals surface area (Å²) in [5.74, 6) is 0. The van der Waals surface area contributed by atoms with Gasteiger partial charge in [0.05, 0.1) is 0 Å². The van der Waals surface area contributed by atoms with Crippen LogP contribution in [0.5, 0.6) is 0 Å². The molecule has 0 amide bonds. The number of rotatable bonds is 4. The molecule has 0 heteroatoms. The molecule has 1 aromatic carbocycles. The van der Waals surface area contributed by atoms with Gasteiger partial charge in [-0.15, -0.1) is 0 Å². The van der Waals surface area contributed by atoms with E-state index in [-0.39, 0.29) is 0 Å². The van der Waals surface area contributed by atoms with E-state index >= 15 is 0 Å². The first kappa shape index (κ1) is 20.8. The molecule has 0 nitrogen and oxygen atoms in total. The standard InChI is InChI=1S/C15H18.C3H8.C2H6/c1-4-7-14(8-5-2)15-11-9-13(6-3)10-12-15;1-3-2;1-2/h4-5,7-12H,1,6H2,2-3H3;3H2,1-2H3;1-2H3/b8-5-,14-7+;;. The highest BCUT2D eigenvalue weighted by atomic mass is 14.0. The molecule has 0 aromatic heterocycles. The summed E-state index contributed by atoms with van der Waals surface area (Å²) in [7, 11) is 0. The van der Waals surface area contributed by atoms with Gasteiger partial charge in [0.25, 0.3) is 0 Å². The maximum atomic E-state index is 3.73.